The van der Waals surface area contributed by atoms with Gasteiger partial charge in [0.05, 0.1) is 6.61 Å². The molecular formula is C18H29NO. The van der Waals surface area contributed by atoms with Crippen molar-refractivity contribution in [2.45, 2.75) is 70.3 Å². The van der Waals surface area contributed by atoms with E-state index in [2.05, 4.69) is 19.1 Å². The summed E-state index contributed by atoms with van der Waals surface area (Å²) in [6.45, 7) is 3.02. The van der Waals surface area contributed by atoms with Crippen molar-refractivity contribution in [3.63, 3.8) is 0 Å². The van der Waals surface area contributed by atoms with E-state index in [9.17, 15) is 0 Å². The Kier molecular flexibility index (Phi) is 5.90. The highest BCUT2D eigenvalue weighted by molar-refractivity contribution is 5.40. The Hall–Kier alpha value is -1.02. The maximum atomic E-state index is 6.65. The summed E-state index contributed by atoms with van der Waals surface area (Å²) < 4.78 is 5.71. The number of benzene rings is 1. The van der Waals surface area contributed by atoms with Crippen molar-refractivity contribution in [1.82, 2.24) is 0 Å². The monoisotopic (exact) mass is 275 g/mol. The van der Waals surface area contributed by atoms with E-state index in [1.165, 1.54) is 50.5 Å². The van der Waals surface area contributed by atoms with Gasteiger partial charge in [0.25, 0.3) is 0 Å². The van der Waals surface area contributed by atoms with Gasteiger partial charge in [-0.05, 0) is 12.5 Å². The molecule has 0 saturated carbocycles. The lowest BCUT2D eigenvalue weighted by atomic mass is 9.81. The van der Waals surface area contributed by atoms with Crippen molar-refractivity contribution in [3.05, 3.63) is 29.8 Å². The van der Waals surface area contributed by atoms with Gasteiger partial charge in [0.1, 0.15) is 5.75 Å². The summed E-state index contributed by atoms with van der Waals surface area (Å²) in [7, 11) is 0. The topological polar surface area (TPSA) is 35.2 Å². The first-order valence-corrected chi connectivity index (χ1v) is 8.27. The lowest BCUT2D eigenvalue weighted by molar-refractivity contribution is 0.205. The molecule has 1 aliphatic heterocycles. The minimum atomic E-state index is -0.168. The Bertz CT molecular complexity index is 404. The van der Waals surface area contributed by atoms with Crippen LogP contribution in [0.1, 0.15) is 70.3 Å². The lowest BCUT2D eigenvalue weighted by Gasteiger charge is -2.35. The molecule has 1 aromatic carbocycles. The Morgan fingerprint density at radius 2 is 1.75 bits per heavy atom. The van der Waals surface area contributed by atoms with Crippen LogP contribution in [0.4, 0.5) is 0 Å². The Balaban J connectivity index is 1.78. The highest BCUT2D eigenvalue weighted by atomic mass is 16.5. The summed E-state index contributed by atoms with van der Waals surface area (Å²) in [6.07, 6.45) is 11.4. The molecule has 0 amide bonds. The van der Waals surface area contributed by atoms with Crippen LogP contribution in [0, 0.1) is 0 Å². The van der Waals surface area contributed by atoms with Crippen LogP contribution in [0.5, 0.6) is 5.75 Å². The number of hydrogen-bond donors (Lipinski definition) is 1. The third-order valence-corrected chi connectivity index (χ3v) is 4.46. The summed E-state index contributed by atoms with van der Waals surface area (Å²) in [5.41, 5.74) is 7.69. The Morgan fingerprint density at radius 3 is 2.55 bits per heavy atom. The number of hydrogen-bond acceptors (Lipinski definition) is 2. The maximum Gasteiger partial charge on any atom is 0.124 e. The fourth-order valence-electron chi connectivity index (χ4n) is 3.14. The van der Waals surface area contributed by atoms with Crippen molar-refractivity contribution < 1.29 is 4.74 Å². The molecule has 2 heteroatoms. The second-order valence-electron chi connectivity index (χ2n) is 6.12. The largest absolute Gasteiger partial charge is 0.493 e. The third-order valence-electron chi connectivity index (χ3n) is 4.46. The van der Waals surface area contributed by atoms with E-state index in [1.54, 1.807) is 0 Å². The van der Waals surface area contributed by atoms with Crippen LogP contribution in [0.25, 0.3) is 0 Å². The first-order chi connectivity index (χ1) is 9.76. The van der Waals surface area contributed by atoms with E-state index in [4.69, 9.17) is 10.5 Å². The van der Waals surface area contributed by atoms with Gasteiger partial charge in [0.2, 0.25) is 0 Å². The average Bonchev–Trinajstić information content (AvgIpc) is 2.47. The normalized spacial score (nSPS) is 21.3. The van der Waals surface area contributed by atoms with E-state index >= 15 is 0 Å². The predicted molar refractivity (Wildman–Crippen MR) is 85.0 cm³/mol. The molecule has 112 valence electrons. The summed E-state index contributed by atoms with van der Waals surface area (Å²) in [6, 6.07) is 8.27. The van der Waals surface area contributed by atoms with Crippen molar-refractivity contribution in [2.75, 3.05) is 6.61 Å². The highest BCUT2D eigenvalue weighted by Gasteiger charge is 2.32. The van der Waals surface area contributed by atoms with Gasteiger partial charge in [-0.2, -0.15) is 0 Å². The van der Waals surface area contributed by atoms with E-state index in [1.807, 2.05) is 12.1 Å². The molecule has 0 saturated heterocycles. The van der Waals surface area contributed by atoms with Crippen molar-refractivity contribution in [1.29, 1.82) is 0 Å². The predicted octanol–water partition coefficient (Wildman–Crippen LogP) is 4.76. The zero-order valence-corrected chi connectivity index (χ0v) is 12.9. The molecule has 0 radical (unpaired) electrons. The van der Waals surface area contributed by atoms with Crippen LogP contribution >= 0.6 is 0 Å². The highest BCUT2D eigenvalue weighted by Crippen LogP contribution is 2.38. The van der Waals surface area contributed by atoms with Crippen LogP contribution in [0.15, 0.2) is 24.3 Å². The fraction of sp³-hybridized carbons (Fsp3) is 0.667. The van der Waals surface area contributed by atoms with Gasteiger partial charge in [0.15, 0.2) is 0 Å². The number of nitrogens with two attached hydrogens (primary N) is 1. The molecule has 0 aromatic heterocycles. The number of rotatable bonds is 8. The molecule has 0 spiro atoms. The molecule has 0 bridgehead atoms. The Labute approximate surface area is 123 Å². The standard InChI is InChI=1S/C18H29NO/c1-2-3-4-5-6-7-10-13-18(19)14-15-20-17-12-9-8-11-16(17)18/h8-9,11-12H,2-7,10,13-15,19H2,1H3. The van der Waals surface area contributed by atoms with Crippen LogP contribution < -0.4 is 10.5 Å². The van der Waals surface area contributed by atoms with Crippen molar-refractivity contribution in [2.24, 2.45) is 5.73 Å². The third kappa shape index (κ3) is 3.99. The molecule has 1 heterocycles. The first kappa shape index (κ1) is 15.4. The molecule has 0 fully saturated rings. The van der Waals surface area contributed by atoms with Gasteiger partial charge < -0.3 is 10.5 Å². The van der Waals surface area contributed by atoms with Crippen LogP contribution in [-0.2, 0) is 5.54 Å². The first-order valence-electron chi connectivity index (χ1n) is 8.27. The number of fused-ring (bicyclic) bond motifs is 1. The zero-order valence-electron chi connectivity index (χ0n) is 12.9. The average molecular weight is 275 g/mol. The van der Waals surface area contributed by atoms with Gasteiger partial charge in [-0.3, -0.25) is 0 Å². The lowest BCUT2D eigenvalue weighted by Crippen LogP contribution is -2.41. The van der Waals surface area contributed by atoms with Crippen molar-refractivity contribution >= 4 is 0 Å². The number of ether oxygens (including phenoxy) is 1. The van der Waals surface area contributed by atoms with Crippen LogP contribution in [-0.4, -0.2) is 6.61 Å². The molecule has 1 aromatic rings. The Morgan fingerprint density at radius 1 is 1.05 bits per heavy atom. The summed E-state index contributed by atoms with van der Waals surface area (Å²) >= 11 is 0. The molecule has 1 atom stereocenters. The van der Waals surface area contributed by atoms with Gasteiger partial charge in [-0.25, -0.2) is 0 Å². The SMILES string of the molecule is CCCCCCCCCC1(N)CCOc2ccccc21. The summed E-state index contributed by atoms with van der Waals surface area (Å²) in [5.74, 6) is 0.990. The second kappa shape index (κ2) is 7.68. The van der Waals surface area contributed by atoms with Gasteiger partial charge in [0, 0.05) is 17.5 Å². The molecule has 20 heavy (non-hydrogen) atoms. The van der Waals surface area contributed by atoms with E-state index in [0.717, 1.165) is 25.2 Å². The fourth-order valence-corrected chi connectivity index (χ4v) is 3.14. The molecular weight excluding hydrogens is 246 g/mol. The van der Waals surface area contributed by atoms with Gasteiger partial charge in [-0.15, -0.1) is 0 Å². The number of para-hydroxylation sites is 1. The van der Waals surface area contributed by atoms with Crippen LogP contribution in [0.3, 0.4) is 0 Å². The molecule has 1 aliphatic rings. The molecule has 2 nitrogen and oxygen atoms in total. The van der Waals surface area contributed by atoms with E-state index in [0.29, 0.717) is 0 Å². The summed E-state index contributed by atoms with van der Waals surface area (Å²) in [4.78, 5) is 0. The molecule has 0 aliphatic carbocycles. The van der Waals surface area contributed by atoms with Gasteiger partial charge in [-0.1, -0.05) is 70.1 Å². The number of unbranched alkanes of at least 4 members (excludes halogenated alkanes) is 6. The molecule has 1 unspecified atom stereocenters. The quantitative estimate of drug-likeness (QED) is 0.694. The minimum absolute atomic E-state index is 0.168. The van der Waals surface area contributed by atoms with E-state index < -0.39 is 0 Å². The van der Waals surface area contributed by atoms with Gasteiger partial charge >= 0.3 is 0 Å². The molecule has 2 N–H and O–H groups in total. The van der Waals surface area contributed by atoms with Crippen LogP contribution in [0.2, 0.25) is 0 Å². The maximum absolute atomic E-state index is 6.65. The minimum Gasteiger partial charge on any atom is -0.493 e. The molecule has 2 rings (SSSR count). The second-order valence-corrected chi connectivity index (χ2v) is 6.12. The van der Waals surface area contributed by atoms with Crippen molar-refractivity contribution in [3.8, 4) is 5.75 Å². The van der Waals surface area contributed by atoms with E-state index in [-0.39, 0.29) is 5.54 Å². The zero-order chi connectivity index (χ0) is 14.3. The summed E-state index contributed by atoms with van der Waals surface area (Å²) in [5, 5.41) is 0. The smallest absolute Gasteiger partial charge is 0.124 e.